The molecule has 0 atom stereocenters. The van der Waals surface area contributed by atoms with E-state index in [0.29, 0.717) is 28.2 Å². The lowest BCUT2D eigenvalue weighted by molar-refractivity contribution is 0.103. The lowest BCUT2D eigenvalue weighted by Gasteiger charge is -2.05. The largest absolute Gasteiger partial charge is 0.497 e. The summed E-state index contributed by atoms with van der Waals surface area (Å²) >= 11 is 0. The maximum absolute atomic E-state index is 12.0. The lowest BCUT2D eigenvalue weighted by atomic mass is 10.1. The molecular formula is C33H27NO4. The van der Waals surface area contributed by atoms with Crippen molar-refractivity contribution in [3.05, 3.63) is 143 Å². The monoisotopic (exact) mass is 501 g/mol. The summed E-state index contributed by atoms with van der Waals surface area (Å²) in [5, 5.41) is 8.67. The summed E-state index contributed by atoms with van der Waals surface area (Å²) in [6.45, 7) is 0. The maximum Gasteiger partial charge on any atom is 0.185 e. The molecule has 5 nitrogen and oxygen atoms in total. The second-order valence-electron chi connectivity index (χ2n) is 8.01. The summed E-state index contributed by atoms with van der Waals surface area (Å²) in [7, 11) is 3.19. The molecule has 38 heavy (non-hydrogen) atoms. The van der Waals surface area contributed by atoms with E-state index in [1.54, 1.807) is 74.9 Å². The number of rotatable bonds is 8. The van der Waals surface area contributed by atoms with Gasteiger partial charge in [0.25, 0.3) is 0 Å². The average molecular weight is 502 g/mol. The van der Waals surface area contributed by atoms with Gasteiger partial charge in [-0.05, 0) is 47.5 Å². The van der Waals surface area contributed by atoms with E-state index in [2.05, 4.69) is 6.07 Å². The highest BCUT2D eigenvalue weighted by atomic mass is 16.5. The Balaban J connectivity index is 0.000000212. The molecule has 0 aliphatic heterocycles. The van der Waals surface area contributed by atoms with E-state index in [0.717, 1.165) is 11.1 Å². The summed E-state index contributed by atoms with van der Waals surface area (Å²) in [6, 6.07) is 32.9. The second kappa shape index (κ2) is 14.4. The number of carbonyl (C=O) groups is 2. The van der Waals surface area contributed by atoms with Crippen LogP contribution in [-0.4, -0.2) is 25.8 Å². The normalized spacial score (nSPS) is 10.3. The molecule has 0 saturated heterocycles. The van der Waals surface area contributed by atoms with Gasteiger partial charge in [-0.3, -0.25) is 9.59 Å². The number of ether oxygens (including phenoxy) is 2. The van der Waals surface area contributed by atoms with Gasteiger partial charge in [0.15, 0.2) is 11.6 Å². The topological polar surface area (TPSA) is 76.4 Å². The fourth-order valence-electron chi connectivity index (χ4n) is 3.34. The Bertz CT molecular complexity index is 1430. The van der Waals surface area contributed by atoms with Crippen LogP contribution in [0, 0.1) is 11.3 Å². The smallest absolute Gasteiger partial charge is 0.185 e. The minimum absolute atomic E-state index is 0.0278. The molecule has 0 bridgehead atoms. The minimum Gasteiger partial charge on any atom is -0.497 e. The van der Waals surface area contributed by atoms with Crippen LogP contribution in [0.1, 0.15) is 37.4 Å². The molecule has 5 heteroatoms. The Morgan fingerprint density at radius 2 is 1.08 bits per heavy atom. The zero-order valence-electron chi connectivity index (χ0n) is 21.2. The van der Waals surface area contributed by atoms with Crippen molar-refractivity contribution in [2.75, 3.05) is 14.2 Å². The third kappa shape index (κ3) is 8.47. The van der Waals surface area contributed by atoms with Gasteiger partial charge < -0.3 is 9.47 Å². The molecule has 0 aliphatic carbocycles. The van der Waals surface area contributed by atoms with Gasteiger partial charge in [-0.1, -0.05) is 84.9 Å². The van der Waals surface area contributed by atoms with Crippen molar-refractivity contribution in [2.45, 2.75) is 0 Å². The number of hydrogen-bond acceptors (Lipinski definition) is 5. The van der Waals surface area contributed by atoms with Crippen molar-refractivity contribution in [3.8, 4) is 17.6 Å². The number of nitrogens with zero attached hydrogens (tertiary/aromatic N) is 1. The lowest BCUT2D eigenvalue weighted by Crippen LogP contribution is -1.93. The van der Waals surface area contributed by atoms with E-state index in [-0.39, 0.29) is 11.6 Å². The van der Waals surface area contributed by atoms with Crippen LogP contribution in [0.15, 0.2) is 115 Å². The van der Waals surface area contributed by atoms with Gasteiger partial charge in [-0.25, -0.2) is 0 Å². The first-order valence-corrected chi connectivity index (χ1v) is 11.8. The first-order valence-electron chi connectivity index (χ1n) is 11.8. The van der Waals surface area contributed by atoms with Crippen molar-refractivity contribution in [1.29, 1.82) is 5.26 Å². The van der Waals surface area contributed by atoms with Gasteiger partial charge >= 0.3 is 0 Å². The molecular weight excluding hydrogens is 474 g/mol. The molecule has 0 saturated carbocycles. The Morgan fingerprint density at radius 1 is 0.632 bits per heavy atom. The SMILES string of the molecule is COc1cc(/C=C/C(=O)c2ccccc2)cc(OC)c1.N#Cc1ccc(/C=C/C(=O)c2ccccc2)cc1. The highest BCUT2D eigenvalue weighted by Gasteiger charge is 2.02. The molecule has 0 spiro atoms. The number of methoxy groups -OCH3 is 2. The summed E-state index contributed by atoms with van der Waals surface area (Å²) < 4.78 is 10.4. The van der Waals surface area contributed by atoms with Gasteiger partial charge in [-0.15, -0.1) is 0 Å². The van der Waals surface area contributed by atoms with Gasteiger partial charge in [0, 0.05) is 17.2 Å². The predicted molar refractivity (Wildman–Crippen MR) is 150 cm³/mol. The van der Waals surface area contributed by atoms with E-state index >= 15 is 0 Å². The Labute approximate surface area is 222 Å². The first kappa shape index (κ1) is 27.4. The number of nitriles is 1. The van der Waals surface area contributed by atoms with Crippen LogP contribution < -0.4 is 9.47 Å². The number of hydrogen-bond donors (Lipinski definition) is 0. The van der Waals surface area contributed by atoms with Crippen molar-refractivity contribution >= 4 is 23.7 Å². The summed E-state index contributed by atoms with van der Waals surface area (Å²) in [5.74, 6) is 1.32. The molecule has 0 heterocycles. The van der Waals surface area contributed by atoms with Crippen molar-refractivity contribution in [3.63, 3.8) is 0 Å². The molecule has 4 rings (SSSR count). The quantitative estimate of drug-likeness (QED) is 0.191. The number of carbonyl (C=O) groups excluding carboxylic acids is 2. The van der Waals surface area contributed by atoms with Gasteiger partial charge in [-0.2, -0.15) is 5.26 Å². The van der Waals surface area contributed by atoms with Crippen LogP contribution in [0.5, 0.6) is 11.5 Å². The van der Waals surface area contributed by atoms with Crippen LogP contribution in [0.2, 0.25) is 0 Å². The summed E-state index contributed by atoms with van der Waals surface area (Å²) in [4.78, 5) is 23.8. The van der Waals surface area contributed by atoms with Gasteiger partial charge in [0.1, 0.15) is 11.5 Å². The minimum atomic E-state index is -0.0348. The Hall–Kier alpha value is -5.21. The van der Waals surface area contributed by atoms with Crippen LogP contribution in [0.3, 0.4) is 0 Å². The Kier molecular flexibility index (Phi) is 10.4. The molecule has 0 fully saturated rings. The molecule has 0 aromatic heterocycles. The number of benzene rings is 4. The van der Waals surface area contributed by atoms with Crippen LogP contribution in [0.25, 0.3) is 12.2 Å². The third-order valence-electron chi connectivity index (χ3n) is 5.38. The van der Waals surface area contributed by atoms with Gasteiger partial charge in [0.05, 0.1) is 25.9 Å². The van der Waals surface area contributed by atoms with E-state index in [1.807, 2.05) is 60.7 Å². The average Bonchev–Trinajstić information content (AvgIpc) is 2.99. The van der Waals surface area contributed by atoms with E-state index < -0.39 is 0 Å². The fraction of sp³-hybridized carbons (Fsp3) is 0.0606. The van der Waals surface area contributed by atoms with E-state index in [4.69, 9.17) is 14.7 Å². The summed E-state index contributed by atoms with van der Waals surface area (Å²) in [6.07, 6.45) is 6.58. The molecule has 0 radical (unpaired) electrons. The molecule has 188 valence electrons. The summed E-state index contributed by atoms with van der Waals surface area (Å²) in [5.41, 5.74) is 3.70. The molecule has 4 aromatic carbocycles. The third-order valence-corrected chi connectivity index (χ3v) is 5.38. The standard InChI is InChI=1S/C17H16O3.C16H11NO/c1-19-15-10-13(11-16(12-15)20-2)8-9-17(18)14-6-4-3-5-7-14;17-12-14-8-6-13(7-9-14)10-11-16(18)15-4-2-1-3-5-15/h3-12H,1-2H3;1-11H/b9-8+;11-10+. The highest BCUT2D eigenvalue weighted by molar-refractivity contribution is 6.07. The van der Waals surface area contributed by atoms with Crippen LogP contribution in [-0.2, 0) is 0 Å². The molecule has 0 amide bonds. The molecule has 4 aromatic rings. The van der Waals surface area contributed by atoms with Crippen LogP contribution in [0.4, 0.5) is 0 Å². The number of allylic oxidation sites excluding steroid dienone is 2. The predicted octanol–water partition coefficient (Wildman–Crippen LogP) is 7.05. The van der Waals surface area contributed by atoms with Crippen LogP contribution >= 0.6 is 0 Å². The van der Waals surface area contributed by atoms with Crippen molar-refractivity contribution in [2.24, 2.45) is 0 Å². The van der Waals surface area contributed by atoms with Crippen molar-refractivity contribution < 1.29 is 19.1 Å². The zero-order chi connectivity index (χ0) is 27.2. The van der Waals surface area contributed by atoms with Crippen molar-refractivity contribution in [1.82, 2.24) is 0 Å². The molecule has 0 unspecified atom stereocenters. The van der Waals surface area contributed by atoms with Gasteiger partial charge in [0.2, 0.25) is 0 Å². The number of ketones is 2. The van der Waals surface area contributed by atoms with E-state index in [9.17, 15) is 9.59 Å². The maximum atomic E-state index is 12.0. The second-order valence-corrected chi connectivity index (χ2v) is 8.01. The van der Waals surface area contributed by atoms with E-state index in [1.165, 1.54) is 6.08 Å². The fourth-order valence-corrected chi connectivity index (χ4v) is 3.34. The molecule has 0 aliphatic rings. The molecule has 0 N–H and O–H groups in total. The highest BCUT2D eigenvalue weighted by Crippen LogP contribution is 2.23. The first-order chi connectivity index (χ1) is 18.5. The zero-order valence-corrected chi connectivity index (χ0v) is 21.2. The Morgan fingerprint density at radius 3 is 1.50 bits per heavy atom.